The Balaban J connectivity index is 1.93. The first-order valence-corrected chi connectivity index (χ1v) is 8.48. The van der Waals surface area contributed by atoms with E-state index in [0.29, 0.717) is 5.92 Å². The molecule has 0 spiro atoms. The molecule has 22 heavy (non-hydrogen) atoms. The van der Waals surface area contributed by atoms with E-state index in [0.717, 1.165) is 23.6 Å². The van der Waals surface area contributed by atoms with Gasteiger partial charge < -0.3 is 4.55 Å². The summed E-state index contributed by atoms with van der Waals surface area (Å²) < 4.78 is 52.7. The van der Waals surface area contributed by atoms with Crippen LogP contribution in [0.15, 0.2) is 18.2 Å². The van der Waals surface area contributed by atoms with Crippen molar-refractivity contribution < 1.29 is 17.7 Å². The molecule has 0 aromatic heterocycles. The Morgan fingerprint density at radius 1 is 1.18 bits per heavy atom. The predicted octanol–water partition coefficient (Wildman–Crippen LogP) is 4.26. The van der Waals surface area contributed by atoms with E-state index in [1.54, 1.807) is 6.07 Å². The van der Waals surface area contributed by atoms with E-state index in [1.807, 2.05) is 32.1 Å². The highest BCUT2D eigenvalue weighted by atomic mass is 32.2. The lowest BCUT2D eigenvalue weighted by Crippen LogP contribution is -2.42. The number of nitrogens with zero attached hydrogens (tertiary/aromatic N) is 1. The Morgan fingerprint density at radius 2 is 1.82 bits per heavy atom. The highest BCUT2D eigenvalue weighted by molar-refractivity contribution is 7.90. The van der Waals surface area contributed by atoms with Crippen molar-refractivity contribution in [2.75, 3.05) is 7.05 Å². The minimum atomic E-state index is -4.31. The molecule has 2 aliphatic carbocycles. The van der Waals surface area contributed by atoms with Crippen LogP contribution < -0.4 is 0 Å². The molecule has 0 N–H and O–H groups in total. The maximum absolute atomic E-state index is 12.9. The highest BCUT2D eigenvalue weighted by Crippen LogP contribution is 2.64. The number of benzene rings is 1. The zero-order valence-electron chi connectivity index (χ0n) is 13.1. The smallest absolute Gasteiger partial charge is 0.416 e. The second-order valence-electron chi connectivity index (χ2n) is 7.20. The van der Waals surface area contributed by atoms with E-state index in [4.69, 9.17) is 0 Å². The number of halogens is 3. The quantitative estimate of drug-likeness (QED) is 0.757. The van der Waals surface area contributed by atoms with Gasteiger partial charge in [0.05, 0.1) is 11.6 Å². The molecule has 6 heteroatoms. The van der Waals surface area contributed by atoms with Crippen molar-refractivity contribution in [3.63, 3.8) is 0 Å². The molecule has 0 saturated heterocycles. The fourth-order valence-corrected chi connectivity index (χ4v) is 4.83. The average Bonchev–Trinajstić information content (AvgIpc) is 3.10. The van der Waals surface area contributed by atoms with Crippen molar-refractivity contribution >= 4 is 11.4 Å². The van der Waals surface area contributed by atoms with Gasteiger partial charge in [0.1, 0.15) is 4.75 Å². The van der Waals surface area contributed by atoms with Crippen LogP contribution in [-0.2, 0) is 17.5 Å². The van der Waals surface area contributed by atoms with Gasteiger partial charge in [-0.15, -0.1) is 4.31 Å². The number of rotatable bonds is 2. The van der Waals surface area contributed by atoms with Gasteiger partial charge in [0.2, 0.25) is 0 Å². The maximum Gasteiger partial charge on any atom is 0.416 e. The van der Waals surface area contributed by atoms with Crippen LogP contribution in [0.4, 0.5) is 13.2 Å². The van der Waals surface area contributed by atoms with Crippen LogP contribution in [0.5, 0.6) is 0 Å². The van der Waals surface area contributed by atoms with Crippen molar-refractivity contribution in [3.8, 4) is 0 Å². The molecule has 2 aliphatic rings. The Morgan fingerprint density at radius 3 is 2.36 bits per heavy atom. The predicted molar refractivity (Wildman–Crippen MR) is 80.7 cm³/mol. The first-order chi connectivity index (χ1) is 10.0. The number of fused-ring (bicyclic) bond motifs is 3. The molecule has 2 nitrogen and oxygen atoms in total. The summed E-state index contributed by atoms with van der Waals surface area (Å²) in [5, 5.41) is 0. The topological polar surface area (TPSA) is 26.3 Å². The molecule has 1 saturated carbocycles. The standard InChI is InChI=1S/C16H20F3NOS/c1-15(2,3)22(21)20(4)14-10-6-5-9(16(17,18)19)7-11(10)12-8-13(12)14/h5-7,12-14H,8H2,1-4H3/t12-,13-,14+,22-/m0/s1. The van der Waals surface area contributed by atoms with Gasteiger partial charge in [-0.3, -0.25) is 0 Å². The van der Waals surface area contributed by atoms with Crippen LogP contribution >= 0.6 is 0 Å². The lowest BCUT2D eigenvalue weighted by atomic mass is 10.00. The molecule has 1 aromatic carbocycles. The Bertz CT molecular complexity index is 596. The third-order valence-electron chi connectivity index (χ3n) is 4.55. The minimum absolute atomic E-state index is 0.0395. The number of alkyl halides is 3. The molecular weight excluding hydrogens is 311 g/mol. The molecule has 122 valence electrons. The molecule has 3 rings (SSSR count). The van der Waals surface area contributed by atoms with Crippen molar-refractivity contribution in [2.45, 2.75) is 50.1 Å². The van der Waals surface area contributed by atoms with Crippen molar-refractivity contribution in [2.24, 2.45) is 5.92 Å². The van der Waals surface area contributed by atoms with E-state index in [-0.39, 0.29) is 16.7 Å². The van der Waals surface area contributed by atoms with Gasteiger partial charge in [-0.2, -0.15) is 13.2 Å². The molecule has 4 atom stereocenters. The Kier molecular flexibility index (Phi) is 3.59. The molecule has 0 bridgehead atoms. The summed E-state index contributed by atoms with van der Waals surface area (Å²) in [6.07, 6.45) is -3.41. The van der Waals surface area contributed by atoms with E-state index in [9.17, 15) is 17.7 Å². The largest absolute Gasteiger partial charge is 0.597 e. The summed E-state index contributed by atoms with van der Waals surface area (Å²) in [5.41, 5.74) is 1.12. The van der Waals surface area contributed by atoms with Gasteiger partial charge in [-0.1, -0.05) is 6.07 Å². The highest BCUT2D eigenvalue weighted by Gasteiger charge is 2.56. The number of hydrogen-bond acceptors (Lipinski definition) is 2. The molecule has 1 fully saturated rings. The molecule has 0 radical (unpaired) electrons. The second-order valence-corrected chi connectivity index (χ2v) is 9.50. The lowest BCUT2D eigenvalue weighted by Gasteiger charge is -2.34. The molecule has 1 aromatic rings. The van der Waals surface area contributed by atoms with E-state index < -0.39 is 23.1 Å². The van der Waals surface area contributed by atoms with Gasteiger partial charge in [0.15, 0.2) is 0 Å². The fourth-order valence-electron chi connectivity index (χ4n) is 3.49. The summed E-state index contributed by atoms with van der Waals surface area (Å²) in [6.45, 7) is 5.73. The second kappa shape index (κ2) is 4.89. The summed E-state index contributed by atoms with van der Waals surface area (Å²) in [4.78, 5) is 0. The normalized spacial score (nSPS) is 28.5. The van der Waals surface area contributed by atoms with Gasteiger partial charge in [0.25, 0.3) is 0 Å². The van der Waals surface area contributed by atoms with Gasteiger partial charge in [-0.25, -0.2) is 0 Å². The van der Waals surface area contributed by atoms with Crippen LogP contribution in [0, 0.1) is 5.92 Å². The average molecular weight is 331 g/mol. The SMILES string of the molecule is CN([C@@H]1c2ccc(C(F)(F)F)cc2[C@@H]2C[C@H]12)[S@@+]([O-])C(C)(C)C. The summed E-state index contributed by atoms with van der Waals surface area (Å²) >= 11 is -1.18. The van der Waals surface area contributed by atoms with Crippen molar-refractivity contribution in [1.29, 1.82) is 0 Å². The molecular formula is C16H20F3NOS. The summed E-state index contributed by atoms with van der Waals surface area (Å²) in [6, 6.07) is 3.96. The van der Waals surface area contributed by atoms with Gasteiger partial charge >= 0.3 is 6.18 Å². The van der Waals surface area contributed by atoms with E-state index in [2.05, 4.69) is 0 Å². The maximum atomic E-state index is 12.9. The first-order valence-electron chi connectivity index (χ1n) is 7.37. The van der Waals surface area contributed by atoms with Crippen molar-refractivity contribution in [3.05, 3.63) is 34.9 Å². The van der Waals surface area contributed by atoms with Crippen LogP contribution in [0.3, 0.4) is 0 Å². The molecule has 0 aliphatic heterocycles. The zero-order chi connectivity index (χ0) is 16.4. The number of hydrogen-bond donors (Lipinski definition) is 0. The van der Waals surface area contributed by atoms with Gasteiger partial charge in [-0.05, 0) is 62.3 Å². The monoisotopic (exact) mass is 331 g/mol. The van der Waals surface area contributed by atoms with Crippen LogP contribution in [0.1, 0.15) is 55.8 Å². The Labute approximate surface area is 132 Å². The minimum Gasteiger partial charge on any atom is -0.597 e. The summed E-state index contributed by atoms with van der Waals surface area (Å²) in [5.74, 6) is 0.497. The molecule has 0 amide bonds. The summed E-state index contributed by atoms with van der Waals surface area (Å²) in [7, 11) is 1.81. The lowest BCUT2D eigenvalue weighted by molar-refractivity contribution is -0.137. The van der Waals surface area contributed by atoms with Gasteiger partial charge in [0, 0.05) is 18.4 Å². The molecule has 0 heterocycles. The van der Waals surface area contributed by atoms with Crippen LogP contribution in [0.25, 0.3) is 0 Å². The van der Waals surface area contributed by atoms with E-state index in [1.165, 1.54) is 6.07 Å². The third-order valence-corrected chi connectivity index (χ3v) is 6.35. The van der Waals surface area contributed by atoms with Crippen LogP contribution in [-0.4, -0.2) is 20.7 Å². The third kappa shape index (κ3) is 2.55. The van der Waals surface area contributed by atoms with E-state index >= 15 is 0 Å². The van der Waals surface area contributed by atoms with Crippen molar-refractivity contribution in [1.82, 2.24) is 4.31 Å². The first kappa shape index (κ1) is 16.1. The Hall–Kier alpha value is -0.720. The molecule has 0 unspecified atom stereocenters. The zero-order valence-corrected chi connectivity index (χ0v) is 13.9. The van der Waals surface area contributed by atoms with Crippen LogP contribution in [0.2, 0.25) is 0 Å². The fraction of sp³-hybridized carbons (Fsp3) is 0.625.